The Morgan fingerprint density at radius 3 is 2.48 bits per heavy atom. The highest BCUT2D eigenvalue weighted by Crippen LogP contribution is 2.28. The summed E-state index contributed by atoms with van der Waals surface area (Å²) in [6.45, 7) is 5.15. The van der Waals surface area contributed by atoms with E-state index in [-0.39, 0.29) is 11.9 Å². The number of anilines is 1. The van der Waals surface area contributed by atoms with Gasteiger partial charge in [0.05, 0.1) is 12.8 Å². The fourth-order valence-electron chi connectivity index (χ4n) is 4.17. The van der Waals surface area contributed by atoms with Gasteiger partial charge in [-0.3, -0.25) is 25.5 Å². The molecule has 7 heteroatoms. The Morgan fingerprint density at radius 2 is 1.71 bits per heavy atom. The van der Waals surface area contributed by atoms with E-state index in [1.54, 1.807) is 7.11 Å². The van der Waals surface area contributed by atoms with Crippen LogP contribution >= 0.6 is 0 Å². The topological polar surface area (TPSA) is 69.2 Å². The fourth-order valence-corrected chi connectivity index (χ4v) is 4.17. The summed E-state index contributed by atoms with van der Waals surface area (Å²) in [4.78, 5) is 21.7. The van der Waals surface area contributed by atoms with Gasteiger partial charge in [-0.25, -0.2) is 0 Å². The molecule has 0 bridgehead atoms. The van der Waals surface area contributed by atoms with E-state index in [1.807, 2.05) is 42.5 Å². The molecule has 164 valence electrons. The number of unbranched alkanes of at least 4 members (excludes halogenated alkanes) is 1. The van der Waals surface area contributed by atoms with Crippen LogP contribution in [0.1, 0.15) is 24.8 Å². The number of nitrogens with one attached hydrogen (secondary N) is 2. The molecular weight excluding hydrogens is 390 g/mol. The van der Waals surface area contributed by atoms with Gasteiger partial charge < -0.3 is 9.64 Å². The molecule has 2 aromatic carbocycles. The van der Waals surface area contributed by atoms with Gasteiger partial charge in [0.1, 0.15) is 17.6 Å². The van der Waals surface area contributed by atoms with Crippen molar-refractivity contribution in [3.05, 3.63) is 60.2 Å². The average molecular weight is 422 g/mol. The molecule has 2 aromatic rings. The summed E-state index contributed by atoms with van der Waals surface area (Å²) in [7, 11) is 1.73. The number of aliphatic imine (C=N–C) groups is 1. The van der Waals surface area contributed by atoms with E-state index in [0.717, 1.165) is 69.1 Å². The highest BCUT2D eigenvalue weighted by molar-refractivity contribution is 6.03. The maximum Gasteiger partial charge on any atom is 0.263 e. The summed E-state index contributed by atoms with van der Waals surface area (Å²) in [5.74, 6) is 1.62. The first-order valence-electron chi connectivity index (χ1n) is 11.0. The highest BCUT2D eigenvalue weighted by atomic mass is 16.5. The lowest BCUT2D eigenvalue weighted by molar-refractivity contribution is -0.123. The van der Waals surface area contributed by atoms with Crippen LogP contribution in [-0.4, -0.2) is 62.5 Å². The van der Waals surface area contributed by atoms with Crippen molar-refractivity contribution in [3.63, 3.8) is 0 Å². The molecule has 31 heavy (non-hydrogen) atoms. The molecule has 0 spiro atoms. The molecule has 1 fully saturated rings. The summed E-state index contributed by atoms with van der Waals surface area (Å²) in [6, 6.07) is 17.8. The molecule has 4 rings (SSSR count). The predicted octanol–water partition coefficient (Wildman–Crippen LogP) is 2.44. The molecule has 1 atom stereocenters. The molecule has 2 N–H and O–H groups in total. The first-order valence-corrected chi connectivity index (χ1v) is 11.0. The van der Waals surface area contributed by atoms with Gasteiger partial charge in [0.25, 0.3) is 5.91 Å². The number of nitrogens with zero attached hydrogens (tertiary/aromatic N) is 3. The Morgan fingerprint density at radius 1 is 0.968 bits per heavy atom. The van der Waals surface area contributed by atoms with E-state index >= 15 is 0 Å². The molecule has 1 unspecified atom stereocenters. The molecule has 2 heterocycles. The molecule has 0 saturated carbocycles. The molecule has 1 amide bonds. The Labute approximate surface area is 184 Å². The first kappa shape index (κ1) is 21.2. The van der Waals surface area contributed by atoms with Crippen LogP contribution in [0, 0.1) is 0 Å². The molecule has 0 aromatic heterocycles. The molecule has 2 aliphatic heterocycles. The SMILES string of the molecule is COc1ccccc1N1CCN(CCCCC2N=C(c3ccccc3)NNC2=O)CC1. The Hall–Kier alpha value is -3.06. The summed E-state index contributed by atoms with van der Waals surface area (Å²) in [5.41, 5.74) is 7.83. The van der Waals surface area contributed by atoms with E-state index < -0.39 is 0 Å². The molecule has 2 aliphatic rings. The van der Waals surface area contributed by atoms with Gasteiger partial charge in [-0.15, -0.1) is 0 Å². The number of carbonyl (C=O) groups excluding carboxylic acids is 1. The van der Waals surface area contributed by atoms with Crippen LogP contribution < -0.4 is 20.5 Å². The zero-order valence-electron chi connectivity index (χ0n) is 18.1. The first-order chi connectivity index (χ1) is 15.2. The van der Waals surface area contributed by atoms with Crippen LogP contribution in [0.25, 0.3) is 0 Å². The van der Waals surface area contributed by atoms with Crippen LogP contribution in [0.4, 0.5) is 5.69 Å². The molecule has 0 aliphatic carbocycles. The largest absolute Gasteiger partial charge is 0.495 e. The minimum absolute atomic E-state index is 0.0508. The van der Waals surface area contributed by atoms with E-state index in [1.165, 1.54) is 5.69 Å². The molecule has 7 nitrogen and oxygen atoms in total. The van der Waals surface area contributed by atoms with Gasteiger partial charge in [-0.1, -0.05) is 42.5 Å². The van der Waals surface area contributed by atoms with E-state index in [9.17, 15) is 4.79 Å². The average Bonchev–Trinajstić information content (AvgIpc) is 2.84. The third-order valence-electron chi connectivity index (χ3n) is 5.94. The number of amides is 1. The van der Waals surface area contributed by atoms with Gasteiger partial charge in [0, 0.05) is 31.7 Å². The van der Waals surface area contributed by atoms with Crippen LogP contribution in [0.15, 0.2) is 59.6 Å². The van der Waals surface area contributed by atoms with E-state index in [0.29, 0.717) is 0 Å². The standard InChI is InChI=1S/C24H31N5O2/c1-31-22-13-6-5-12-21(22)29-17-15-28(16-18-29)14-8-7-11-20-24(30)27-26-23(25-20)19-9-3-2-4-10-19/h2-6,9-10,12-13,20H,7-8,11,14-18H2,1H3,(H,25,26)(H,27,30). The third-order valence-corrected chi connectivity index (χ3v) is 5.94. The second-order valence-electron chi connectivity index (χ2n) is 7.97. The summed E-state index contributed by atoms with van der Waals surface area (Å²) in [5, 5.41) is 0. The number of methoxy groups -OCH3 is 1. The smallest absolute Gasteiger partial charge is 0.263 e. The quantitative estimate of drug-likeness (QED) is 0.641. The Balaban J connectivity index is 1.21. The number of para-hydroxylation sites is 2. The van der Waals surface area contributed by atoms with Crippen molar-refractivity contribution in [2.75, 3.05) is 44.7 Å². The van der Waals surface area contributed by atoms with Gasteiger partial charge >= 0.3 is 0 Å². The summed E-state index contributed by atoms with van der Waals surface area (Å²) in [6.07, 6.45) is 2.82. The number of ether oxygens (including phenoxy) is 1. The van der Waals surface area contributed by atoms with E-state index in [4.69, 9.17) is 4.74 Å². The number of piperazine rings is 1. The monoisotopic (exact) mass is 421 g/mol. The minimum atomic E-state index is -0.321. The van der Waals surface area contributed by atoms with Crippen molar-refractivity contribution in [3.8, 4) is 5.75 Å². The summed E-state index contributed by atoms with van der Waals surface area (Å²) >= 11 is 0. The summed E-state index contributed by atoms with van der Waals surface area (Å²) < 4.78 is 5.50. The van der Waals surface area contributed by atoms with Gasteiger partial charge in [0.15, 0.2) is 0 Å². The second kappa shape index (κ2) is 10.3. The van der Waals surface area contributed by atoms with Crippen molar-refractivity contribution in [1.29, 1.82) is 0 Å². The number of benzene rings is 2. The third kappa shape index (κ3) is 5.35. The molecular formula is C24H31N5O2. The predicted molar refractivity (Wildman–Crippen MR) is 124 cm³/mol. The second-order valence-corrected chi connectivity index (χ2v) is 7.97. The van der Waals surface area contributed by atoms with Crippen LogP contribution in [0.5, 0.6) is 5.75 Å². The van der Waals surface area contributed by atoms with Crippen molar-refractivity contribution in [1.82, 2.24) is 15.8 Å². The minimum Gasteiger partial charge on any atom is -0.495 e. The van der Waals surface area contributed by atoms with Gasteiger partial charge in [0.2, 0.25) is 0 Å². The van der Waals surface area contributed by atoms with Crippen molar-refractivity contribution < 1.29 is 9.53 Å². The maximum atomic E-state index is 12.2. The molecule has 0 radical (unpaired) electrons. The molecule has 1 saturated heterocycles. The highest BCUT2D eigenvalue weighted by Gasteiger charge is 2.24. The lowest BCUT2D eigenvalue weighted by Crippen LogP contribution is -2.51. The lowest BCUT2D eigenvalue weighted by Gasteiger charge is -2.36. The zero-order chi connectivity index (χ0) is 21.5. The number of carbonyl (C=O) groups is 1. The number of hydrogen-bond donors (Lipinski definition) is 2. The van der Waals surface area contributed by atoms with Crippen molar-refractivity contribution in [2.24, 2.45) is 4.99 Å². The van der Waals surface area contributed by atoms with Crippen molar-refractivity contribution >= 4 is 17.4 Å². The number of rotatable bonds is 8. The normalized spacial score (nSPS) is 19.4. The van der Waals surface area contributed by atoms with Crippen LogP contribution in [-0.2, 0) is 4.79 Å². The van der Waals surface area contributed by atoms with Crippen molar-refractivity contribution in [2.45, 2.75) is 25.3 Å². The van der Waals surface area contributed by atoms with Gasteiger partial charge in [-0.05, 0) is 37.9 Å². The zero-order valence-corrected chi connectivity index (χ0v) is 18.1. The van der Waals surface area contributed by atoms with E-state index in [2.05, 4.69) is 37.8 Å². The number of amidine groups is 1. The number of hydrogen-bond acceptors (Lipinski definition) is 6. The van der Waals surface area contributed by atoms with Gasteiger partial charge in [-0.2, -0.15) is 0 Å². The van der Waals surface area contributed by atoms with Crippen LogP contribution in [0.3, 0.4) is 0 Å². The maximum absolute atomic E-state index is 12.2. The lowest BCUT2D eigenvalue weighted by atomic mass is 10.1. The fraction of sp³-hybridized carbons (Fsp3) is 0.417. The Bertz CT molecular complexity index is 894. The van der Waals surface area contributed by atoms with Crippen LogP contribution in [0.2, 0.25) is 0 Å². The Kier molecular flexibility index (Phi) is 7.04. The number of hydrazine groups is 1.